The SMILES string of the molecule is Cc1ccc(NC(=O)C(C)N2C(=O)c3cccc4cccc2c34)cc1. The Balaban J connectivity index is 1.66. The van der Waals surface area contributed by atoms with Crippen LogP contribution < -0.4 is 10.2 Å². The molecule has 1 aliphatic rings. The molecule has 4 nitrogen and oxygen atoms in total. The van der Waals surface area contributed by atoms with Crippen LogP contribution in [0.15, 0.2) is 60.7 Å². The molecule has 0 saturated heterocycles. The van der Waals surface area contributed by atoms with Gasteiger partial charge in [0.05, 0.1) is 5.69 Å². The molecule has 0 aliphatic carbocycles. The minimum atomic E-state index is -0.605. The molecule has 1 atom stereocenters. The fourth-order valence-electron chi connectivity index (χ4n) is 3.32. The van der Waals surface area contributed by atoms with Crippen LogP contribution in [0.1, 0.15) is 22.8 Å². The smallest absolute Gasteiger partial charge is 0.259 e. The van der Waals surface area contributed by atoms with Gasteiger partial charge in [-0.3, -0.25) is 14.5 Å². The predicted molar refractivity (Wildman–Crippen MR) is 100 cm³/mol. The first kappa shape index (κ1) is 15.4. The highest BCUT2D eigenvalue weighted by atomic mass is 16.2. The Bertz CT molecular complexity index is 987. The minimum Gasteiger partial charge on any atom is -0.324 e. The number of hydrogen-bond donors (Lipinski definition) is 1. The van der Waals surface area contributed by atoms with Crippen molar-refractivity contribution in [2.75, 3.05) is 10.2 Å². The van der Waals surface area contributed by atoms with Crippen molar-refractivity contribution in [3.05, 3.63) is 71.8 Å². The molecule has 0 spiro atoms. The van der Waals surface area contributed by atoms with Crippen molar-refractivity contribution in [2.45, 2.75) is 19.9 Å². The van der Waals surface area contributed by atoms with Crippen molar-refractivity contribution in [1.82, 2.24) is 0 Å². The molecule has 4 rings (SSSR count). The maximum absolute atomic E-state index is 12.9. The first-order valence-corrected chi connectivity index (χ1v) is 8.29. The molecule has 1 N–H and O–H groups in total. The average Bonchev–Trinajstić information content (AvgIpc) is 2.91. The zero-order valence-corrected chi connectivity index (χ0v) is 14.1. The number of rotatable bonds is 3. The highest BCUT2D eigenvalue weighted by Gasteiger charge is 2.35. The van der Waals surface area contributed by atoms with E-state index in [2.05, 4.69) is 5.32 Å². The number of benzene rings is 3. The molecule has 0 radical (unpaired) electrons. The second-order valence-corrected chi connectivity index (χ2v) is 6.39. The van der Waals surface area contributed by atoms with Gasteiger partial charge in [0.25, 0.3) is 5.91 Å². The molecule has 0 bridgehead atoms. The molecule has 124 valence electrons. The summed E-state index contributed by atoms with van der Waals surface area (Å²) in [6.45, 7) is 3.75. The van der Waals surface area contributed by atoms with Gasteiger partial charge in [0, 0.05) is 16.6 Å². The number of nitrogens with one attached hydrogen (secondary N) is 1. The molecule has 0 saturated carbocycles. The van der Waals surface area contributed by atoms with E-state index in [1.54, 1.807) is 11.8 Å². The summed E-state index contributed by atoms with van der Waals surface area (Å²) in [7, 11) is 0. The van der Waals surface area contributed by atoms with Crippen molar-refractivity contribution < 1.29 is 9.59 Å². The second-order valence-electron chi connectivity index (χ2n) is 6.39. The molecule has 25 heavy (non-hydrogen) atoms. The topological polar surface area (TPSA) is 49.4 Å². The first-order valence-electron chi connectivity index (χ1n) is 8.29. The van der Waals surface area contributed by atoms with Gasteiger partial charge in [-0.05, 0) is 43.5 Å². The number of anilines is 2. The summed E-state index contributed by atoms with van der Waals surface area (Å²) in [6.07, 6.45) is 0. The normalized spacial score (nSPS) is 14.0. The number of carbonyl (C=O) groups excluding carboxylic acids is 2. The lowest BCUT2D eigenvalue weighted by Gasteiger charge is -2.24. The maximum Gasteiger partial charge on any atom is 0.259 e. The number of amides is 2. The summed E-state index contributed by atoms with van der Waals surface area (Å²) < 4.78 is 0. The van der Waals surface area contributed by atoms with E-state index in [0.29, 0.717) is 5.56 Å². The van der Waals surface area contributed by atoms with Crippen molar-refractivity contribution in [3.63, 3.8) is 0 Å². The molecule has 2 amide bonds. The summed E-state index contributed by atoms with van der Waals surface area (Å²) >= 11 is 0. The van der Waals surface area contributed by atoms with Crippen molar-refractivity contribution in [3.8, 4) is 0 Å². The molecular weight excluding hydrogens is 312 g/mol. The molecule has 4 heteroatoms. The van der Waals surface area contributed by atoms with Gasteiger partial charge in [-0.15, -0.1) is 0 Å². The lowest BCUT2D eigenvalue weighted by atomic mass is 10.1. The second kappa shape index (κ2) is 5.74. The van der Waals surface area contributed by atoms with Crippen LogP contribution in [0.3, 0.4) is 0 Å². The Labute approximate surface area is 146 Å². The third-order valence-corrected chi connectivity index (χ3v) is 4.68. The van der Waals surface area contributed by atoms with Crippen LogP contribution in [0.4, 0.5) is 11.4 Å². The number of aryl methyl sites for hydroxylation is 1. The number of hydrogen-bond acceptors (Lipinski definition) is 2. The van der Waals surface area contributed by atoms with Crippen LogP contribution in [0.2, 0.25) is 0 Å². The van der Waals surface area contributed by atoms with E-state index < -0.39 is 6.04 Å². The average molecular weight is 330 g/mol. The van der Waals surface area contributed by atoms with Crippen molar-refractivity contribution in [2.24, 2.45) is 0 Å². The number of nitrogens with zero attached hydrogens (tertiary/aromatic N) is 1. The van der Waals surface area contributed by atoms with Gasteiger partial charge in [0.2, 0.25) is 5.91 Å². The van der Waals surface area contributed by atoms with E-state index in [9.17, 15) is 9.59 Å². The van der Waals surface area contributed by atoms with E-state index in [4.69, 9.17) is 0 Å². The van der Waals surface area contributed by atoms with E-state index in [1.807, 2.05) is 67.6 Å². The third kappa shape index (κ3) is 2.47. The van der Waals surface area contributed by atoms with Crippen LogP contribution in [-0.4, -0.2) is 17.9 Å². The van der Waals surface area contributed by atoms with Gasteiger partial charge in [0.1, 0.15) is 6.04 Å². The summed E-state index contributed by atoms with van der Waals surface area (Å²) in [5.74, 6) is -0.333. The third-order valence-electron chi connectivity index (χ3n) is 4.68. The summed E-state index contributed by atoms with van der Waals surface area (Å²) in [6, 6.07) is 18.5. The van der Waals surface area contributed by atoms with Gasteiger partial charge in [-0.2, -0.15) is 0 Å². The first-order chi connectivity index (χ1) is 12.1. The molecule has 3 aromatic carbocycles. The van der Waals surface area contributed by atoms with Crippen LogP contribution in [-0.2, 0) is 4.79 Å². The molecular formula is C21H18N2O2. The fraction of sp³-hybridized carbons (Fsp3) is 0.143. The van der Waals surface area contributed by atoms with Gasteiger partial charge in [-0.25, -0.2) is 0 Å². The van der Waals surface area contributed by atoms with Crippen LogP contribution in [0.25, 0.3) is 10.8 Å². The minimum absolute atomic E-state index is 0.127. The van der Waals surface area contributed by atoms with E-state index in [-0.39, 0.29) is 11.8 Å². The van der Waals surface area contributed by atoms with Gasteiger partial charge in [0.15, 0.2) is 0 Å². The van der Waals surface area contributed by atoms with Gasteiger partial charge < -0.3 is 5.32 Å². The van der Waals surface area contributed by atoms with E-state index >= 15 is 0 Å². The zero-order valence-electron chi connectivity index (χ0n) is 14.1. The Hall–Kier alpha value is -3.14. The fourth-order valence-corrected chi connectivity index (χ4v) is 3.32. The largest absolute Gasteiger partial charge is 0.324 e. The maximum atomic E-state index is 12.9. The summed E-state index contributed by atoms with van der Waals surface area (Å²) in [5, 5.41) is 4.82. The Morgan fingerprint density at radius 1 is 1.00 bits per heavy atom. The molecule has 3 aromatic rings. The Morgan fingerprint density at radius 2 is 1.68 bits per heavy atom. The lowest BCUT2D eigenvalue weighted by Crippen LogP contribution is -2.44. The Morgan fingerprint density at radius 3 is 2.40 bits per heavy atom. The Kier molecular flexibility index (Phi) is 3.53. The highest BCUT2D eigenvalue weighted by molar-refractivity contribution is 6.26. The van der Waals surface area contributed by atoms with E-state index in [1.165, 1.54) is 0 Å². The van der Waals surface area contributed by atoms with Crippen molar-refractivity contribution >= 4 is 34.0 Å². The van der Waals surface area contributed by atoms with Gasteiger partial charge >= 0.3 is 0 Å². The zero-order chi connectivity index (χ0) is 17.6. The van der Waals surface area contributed by atoms with Crippen LogP contribution in [0, 0.1) is 6.92 Å². The predicted octanol–water partition coefficient (Wildman–Crippen LogP) is 4.14. The van der Waals surface area contributed by atoms with Crippen molar-refractivity contribution in [1.29, 1.82) is 0 Å². The molecule has 1 unspecified atom stereocenters. The van der Waals surface area contributed by atoms with Crippen LogP contribution in [0.5, 0.6) is 0 Å². The molecule has 0 aromatic heterocycles. The monoisotopic (exact) mass is 330 g/mol. The molecule has 1 heterocycles. The highest BCUT2D eigenvalue weighted by Crippen LogP contribution is 2.38. The lowest BCUT2D eigenvalue weighted by molar-refractivity contribution is -0.117. The van der Waals surface area contributed by atoms with Gasteiger partial charge in [-0.1, -0.05) is 42.0 Å². The van der Waals surface area contributed by atoms with E-state index in [0.717, 1.165) is 27.7 Å². The standard InChI is InChI=1S/C21H18N2O2/c1-13-9-11-16(12-10-13)22-20(24)14(2)23-18-8-4-6-15-5-3-7-17(19(15)18)21(23)25/h3-12,14H,1-2H3,(H,22,24). The van der Waals surface area contributed by atoms with Crippen LogP contribution >= 0.6 is 0 Å². The molecule has 0 fully saturated rings. The summed E-state index contributed by atoms with van der Waals surface area (Å²) in [4.78, 5) is 27.1. The molecule has 1 aliphatic heterocycles. The quantitative estimate of drug-likeness (QED) is 0.785. The summed E-state index contributed by atoms with van der Waals surface area (Å²) in [5.41, 5.74) is 3.31. The number of carbonyl (C=O) groups is 2.